The van der Waals surface area contributed by atoms with Crippen LogP contribution in [0.2, 0.25) is 0 Å². The molecule has 124 valence electrons. The SMILES string of the molecule is CN(C)Cc1ccnc(OC/C=C\CNC2=NS(=O)N=C2N)c1. The van der Waals surface area contributed by atoms with Crippen LogP contribution in [0.5, 0.6) is 5.88 Å². The van der Waals surface area contributed by atoms with Crippen molar-refractivity contribution in [2.24, 2.45) is 14.5 Å². The number of aromatic nitrogens is 1. The van der Waals surface area contributed by atoms with Crippen molar-refractivity contribution in [1.29, 1.82) is 0 Å². The van der Waals surface area contributed by atoms with Gasteiger partial charge in [-0.3, -0.25) is 0 Å². The standard InChI is InChI=1S/C14H20N6O2S/c1-20(2)10-11-5-7-16-12(9-11)22-8-4-3-6-17-14-13(15)18-23(21)19-14/h3-5,7,9H,6,8,10H2,1-2H3,(H2,15,18)(H,17,19)/b4-3-. The molecule has 0 aromatic carbocycles. The first kappa shape index (κ1) is 17.1. The van der Waals surface area contributed by atoms with Crippen LogP contribution in [-0.4, -0.2) is 53.0 Å². The van der Waals surface area contributed by atoms with Gasteiger partial charge in [0.15, 0.2) is 11.7 Å². The minimum absolute atomic E-state index is 0.162. The average molecular weight is 336 g/mol. The summed E-state index contributed by atoms with van der Waals surface area (Å²) < 4.78 is 23.9. The van der Waals surface area contributed by atoms with Crippen LogP contribution in [0, 0.1) is 0 Å². The molecule has 1 unspecified atom stereocenters. The number of rotatable bonds is 7. The highest BCUT2D eigenvalue weighted by atomic mass is 32.2. The predicted octanol–water partition coefficient (Wildman–Crippen LogP) is 0.0158. The fraction of sp³-hybridized carbons (Fsp3) is 0.357. The normalized spacial score (nSPS) is 17.4. The molecule has 1 atom stereocenters. The largest absolute Gasteiger partial charge is 0.473 e. The van der Waals surface area contributed by atoms with E-state index in [4.69, 9.17) is 10.5 Å². The Kier molecular flexibility index (Phi) is 6.24. The molecule has 0 bridgehead atoms. The van der Waals surface area contributed by atoms with Crippen LogP contribution in [0.15, 0.2) is 39.3 Å². The van der Waals surface area contributed by atoms with E-state index in [-0.39, 0.29) is 5.84 Å². The van der Waals surface area contributed by atoms with Gasteiger partial charge in [0.05, 0.1) is 0 Å². The summed E-state index contributed by atoms with van der Waals surface area (Å²) in [7, 11) is 4.02. The average Bonchev–Trinajstić information content (AvgIpc) is 2.80. The summed E-state index contributed by atoms with van der Waals surface area (Å²) in [5, 5.41) is 2.93. The lowest BCUT2D eigenvalue weighted by molar-refractivity contribution is 0.345. The van der Waals surface area contributed by atoms with E-state index in [0.717, 1.165) is 12.1 Å². The molecule has 0 radical (unpaired) electrons. The first-order valence-corrected chi connectivity index (χ1v) is 8.07. The number of amidine groups is 2. The summed E-state index contributed by atoms with van der Waals surface area (Å²) in [6.45, 7) is 1.73. The smallest absolute Gasteiger partial charge is 0.269 e. The molecule has 1 aliphatic rings. The summed E-state index contributed by atoms with van der Waals surface area (Å²) in [4.78, 5) is 6.25. The van der Waals surface area contributed by atoms with Crippen molar-refractivity contribution >= 4 is 22.8 Å². The van der Waals surface area contributed by atoms with Gasteiger partial charge in [-0.15, -0.1) is 8.80 Å². The maximum absolute atomic E-state index is 11.0. The van der Waals surface area contributed by atoms with E-state index in [1.807, 2.05) is 38.4 Å². The fourth-order valence-electron chi connectivity index (χ4n) is 1.83. The predicted molar refractivity (Wildman–Crippen MR) is 91.5 cm³/mol. The zero-order chi connectivity index (χ0) is 16.7. The first-order chi connectivity index (χ1) is 11.0. The van der Waals surface area contributed by atoms with Crippen molar-refractivity contribution in [2.45, 2.75) is 6.54 Å². The maximum atomic E-state index is 11.0. The van der Waals surface area contributed by atoms with Gasteiger partial charge in [-0.2, -0.15) is 0 Å². The van der Waals surface area contributed by atoms with Gasteiger partial charge in [0.25, 0.3) is 11.2 Å². The topological polar surface area (TPSA) is 105 Å². The quantitative estimate of drug-likeness (QED) is 0.680. The van der Waals surface area contributed by atoms with Gasteiger partial charge in [-0.1, -0.05) is 6.08 Å². The summed E-state index contributed by atoms with van der Waals surface area (Å²) in [5.74, 6) is 1.11. The molecule has 0 spiro atoms. The van der Waals surface area contributed by atoms with E-state index in [0.29, 0.717) is 24.9 Å². The van der Waals surface area contributed by atoms with E-state index in [1.54, 1.807) is 6.20 Å². The second kappa shape index (κ2) is 8.39. The van der Waals surface area contributed by atoms with Crippen LogP contribution in [0.3, 0.4) is 0 Å². The first-order valence-electron chi connectivity index (χ1n) is 7.01. The lowest BCUT2D eigenvalue weighted by atomic mass is 10.2. The molecule has 0 aliphatic carbocycles. The van der Waals surface area contributed by atoms with Gasteiger partial charge in [0, 0.05) is 25.4 Å². The number of pyridine rings is 1. The molecule has 8 nitrogen and oxygen atoms in total. The number of hydrogen-bond donors (Lipinski definition) is 2. The Morgan fingerprint density at radius 2 is 2.22 bits per heavy atom. The number of nitrogens with one attached hydrogen (secondary N) is 1. The molecule has 1 aromatic heterocycles. The summed E-state index contributed by atoms with van der Waals surface area (Å²) >= 11 is -1.60. The number of nitrogens with two attached hydrogens (primary N) is 1. The lowest BCUT2D eigenvalue weighted by Crippen LogP contribution is -2.34. The van der Waals surface area contributed by atoms with E-state index in [2.05, 4.69) is 24.0 Å². The molecule has 0 amide bonds. The second-order valence-corrected chi connectivity index (χ2v) is 5.88. The van der Waals surface area contributed by atoms with Gasteiger partial charge in [-0.25, -0.2) is 9.19 Å². The van der Waals surface area contributed by atoms with Gasteiger partial charge < -0.3 is 20.7 Å². The molecule has 9 heteroatoms. The third-order valence-electron chi connectivity index (χ3n) is 2.77. The third kappa shape index (κ3) is 5.80. The van der Waals surface area contributed by atoms with E-state index < -0.39 is 11.2 Å². The number of nitrogens with zero attached hydrogens (tertiary/aromatic N) is 4. The molecule has 2 heterocycles. The fourth-order valence-corrected chi connectivity index (χ4v) is 2.44. The Morgan fingerprint density at radius 3 is 2.91 bits per heavy atom. The second-order valence-electron chi connectivity index (χ2n) is 5.05. The van der Waals surface area contributed by atoms with Crippen molar-refractivity contribution in [3.63, 3.8) is 0 Å². The number of hydrogen-bond acceptors (Lipinski definition) is 6. The summed E-state index contributed by atoms with van der Waals surface area (Å²) in [6, 6.07) is 3.89. The van der Waals surface area contributed by atoms with Gasteiger partial charge in [0.1, 0.15) is 6.61 Å². The maximum Gasteiger partial charge on any atom is 0.269 e. The van der Waals surface area contributed by atoms with Crippen molar-refractivity contribution in [3.05, 3.63) is 36.0 Å². The Morgan fingerprint density at radius 1 is 1.39 bits per heavy atom. The molecular weight excluding hydrogens is 316 g/mol. The monoisotopic (exact) mass is 336 g/mol. The number of ether oxygens (including phenoxy) is 1. The van der Waals surface area contributed by atoms with Crippen LogP contribution >= 0.6 is 0 Å². The third-order valence-corrected chi connectivity index (χ3v) is 3.46. The van der Waals surface area contributed by atoms with Crippen molar-refractivity contribution in [1.82, 2.24) is 15.2 Å². The van der Waals surface area contributed by atoms with E-state index in [1.165, 1.54) is 0 Å². The van der Waals surface area contributed by atoms with Crippen molar-refractivity contribution in [3.8, 4) is 5.88 Å². The molecular formula is C14H20N6O2S. The molecule has 0 saturated carbocycles. The molecule has 3 N–H and O–H groups in total. The Bertz CT molecular complexity index is 656. The Labute approximate surface area is 137 Å². The van der Waals surface area contributed by atoms with Crippen LogP contribution in [-0.2, 0) is 17.7 Å². The van der Waals surface area contributed by atoms with Crippen LogP contribution in [0.25, 0.3) is 0 Å². The van der Waals surface area contributed by atoms with E-state index >= 15 is 0 Å². The lowest BCUT2D eigenvalue weighted by Gasteiger charge is -2.10. The summed E-state index contributed by atoms with van der Waals surface area (Å²) in [5.41, 5.74) is 6.68. The van der Waals surface area contributed by atoms with E-state index in [9.17, 15) is 4.21 Å². The molecule has 0 fully saturated rings. The van der Waals surface area contributed by atoms with Crippen molar-refractivity contribution < 1.29 is 8.95 Å². The van der Waals surface area contributed by atoms with Crippen LogP contribution in [0.1, 0.15) is 5.56 Å². The van der Waals surface area contributed by atoms with Gasteiger partial charge in [-0.05, 0) is 31.8 Å². The van der Waals surface area contributed by atoms with Crippen LogP contribution < -0.4 is 15.8 Å². The van der Waals surface area contributed by atoms with Crippen LogP contribution in [0.4, 0.5) is 0 Å². The van der Waals surface area contributed by atoms with Crippen molar-refractivity contribution in [2.75, 3.05) is 27.2 Å². The molecule has 1 aliphatic heterocycles. The Hall–Kier alpha value is -2.26. The minimum atomic E-state index is -1.60. The highest BCUT2D eigenvalue weighted by Crippen LogP contribution is 2.10. The highest BCUT2D eigenvalue weighted by Gasteiger charge is 2.13. The molecule has 1 aromatic rings. The highest BCUT2D eigenvalue weighted by molar-refractivity contribution is 7.83. The molecule has 23 heavy (non-hydrogen) atoms. The zero-order valence-electron chi connectivity index (χ0n) is 13.1. The molecule has 0 saturated heterocycles. The van der Waals surface area contributed by atoms with Gasteiger partial charge in [0.2, 0.25) is 5.88 Å². The Balaban J connectivity index is 1.72. The minimum Gasteiger partial charge on any atom is -0.473 e. The van der Waals surface area contributed by atoms with Gasteiger partial charge >= 0.3 is 0 Å². The molecule has 2 rings (SSSR count). The summed E-state index contributed by atoms with van der Waals surface area (Å²) in [6.07, 6.45) is 5.45. The zero-order valence-corrected chi connectivity index (χ0v) is 13.9.